The third-order valence-corrected chi connectivity index (χ3v) is 3.27. The number of likely N-dealkylation sites (N-methyl/N-ethyl adjacent to an activating group) is 1. The summed E-state index contributed by atoms with van der Waals surface area (Å²) in [7, 11) is 1.76. The van der Waals surface area contributed by atoms with E-state index in [-0.39, 0.29) is 18.0 Å². The summed E-state index contributed by atoms with van der Waals surface area (Å²) >= 11 is 0. The fraction of sp³-hybridized carbons (Fsp3) is 0.800. The maximum atomic E-state index is 12.1. The van der Waals surface area contributed by atoms with Crippen LogP contribution >= 0.6 is 0 Å². The van der Waals surface area contributed by atoms with Gasteiger partial charge < -0.3 is 15.0 Å². The Morgan fingerprint density at radius 2 is 2.09 bits per heavy atom. The second kappa shape index (κ2) is 7.47. The quantitative estimate of drug-likeness (QED) is 0.846. The fourth-order valence-corrected chi connectivity index (χ4v) is 1.99. The van der Waals surface area contributed by atoms with Crippen LogP contribution in [0, 0.1) is 0 Å². The van der Waals surface area contributed by atoms with Crippen LogP contribution in [0.25, 0.3) is 0 Å². The predicted molar refractivity (Wildman–Crippen MR) is 86.0 cm³/mol. The summed E-state index contributed by atoms with van der Waals surface area (Å²) in [5, 5.41) is 3.09. The molecule has 1 heterocycles. The summed E-state index contributed by atoms with van der Waals surface area (Å²) < 4.78 is 5.36. The number of nitrogens with one attached hydrogen (secondary N) is 1. The molecule has 22 heavy (non-hydrogen) atoms. The summed E-state index contributed by atoms with van der Waals surface area (Å²) in [5.41, 5.74) is -0.521. The number of carbonyl (C=O) groups excluding carboxylic acids is 2. The van der Waals surface area contributed by atoms with Crippen LogP contribution in [0.3, 0.4) is 0 Å². The van der Waals surface area contributed by atoms with Crippen molar-refractivity contribution in [2.75, 3.05) is 33.2 Å². The monoisotopic (exact) mass is 312 g/mol. The zero-order valence-corrected chi connectivity index (χ0v) is 14.5. The first kappa shape index (κ1) is 18.3. The number of hydrogen-bond acceptors (Lipinski definition) is 5. The fourth-order valence-electron chi connectivity index (χ4n) is 1.99. The summed E-state index contributed by atoms with van der Waals surface area (Å²) in [4.78, 5) is 31.7. The average Bonchev–Trinajstić information content (AvgIpc) is 2.44. The van der Waals surface area contributed by atoms with Gasteiger partial charge in [0.15, 0.2) is 0 Å². The van der Waals surface area contributed by atoms with Gasteiger partial charge >= 0.3 is 6.09 Å². The summed E-state index contributed by atoms with van der Waals surface area (Å²) in [6.07, 6.45) is -0.355. The van der Waals surface area contributed by atoms with Crippen molar-refractivity contribution in [1.29, 1.82) is 0 Å². The lowest BCUT2D eigenvalue weighted by atomic mass is 10.2. The van der Waals surface area contributed by atoms with E-state index in [0.29, 0.717) is 32.0 Å². The molecule has 2 amide bonds. The van der Waals surface area contributed by atoms with E-state index in [1.807, 2.05) is 27.7 Å². The molecule has 7 nitrogen and oxygen atoms in total. The molecule has 1 rings (SSSR count). The van der Waals surface area contributed by atoms with Crippen LogP contribution in [0.4, 0.5) is 4.79 Å². The SMILES string of the molecule is CCN(C)C(=O)C(C)NC1=NCCN(C(=O)OC(C)(C)C)C1. The van der Waals surface area contributed by atoms with E-state index in [4.69, 9.17) is 4.74 Å². The Labute approximate surface area is 132 Å². The van der Waals surface area contributed by atoms with Gasteiger partial charge in [-0.25, -0.2) is 4.79 Å². The van der Waals surface area contributed by atoms with Gasteiger partial charge in [-0.15, -0.1) is 0 Å². The molecule has 0 aromatic carbocycles. The predicted octanol–water partition coefficient (Wildman–Crippen LogP) is 1.09. The Bertz CT molecular complexity index is 443. The van der Waals surface area contributed by atoms with Crippen LogP contribution in [0.1, 0.15) is 34.6 Å². The highest BCUT2D eigenvalue weighted by Gasteiger charge is 2.26. The number of nitrogens with zero attached hydrogens (tertiary/aromatic N) is 3. The first-order valence-corrected chi connectivity index (χ1v) is 7.66. The molecule has 126 valence electrons. The number of ether oxygens (including phenoxy) is 1. The van der Waals surface area contributed by atoms with Crippen LogP contribution in [-0.4, -0.2) is 72.5 Å². The molecule has 0 saturated heterocycles. The van der Waals surface area contributed by atoms with Gasteiger partial charge in [0.05, 0.1) is 13.1 Å². The second-order valence-corrected chi connectivity index (χ2v) is 6.45. The molecule has 0 aromatic rings. The molecule has 1 N–H and O–H groups in total. The second-order valence-electron chi connectivity index (χ2n) is 6.45. The van der Waals surface area contributed by atoms with Crippen molar-refractivity contribution in [3.05, 3.63) is 0 Å². The molecule has 0 spiro atoms. The molecule has 1 aliphatic heterocycles. The number of hydrogen-bond donors (Lipinski definition) is 1. The van der Waals surface area contributed by atoms with Gasteiger partial charge in [-0.05, 0) is 34.6 Å². The molecular formula is C15H28N4O3. The highest BCUT2D eigenvalue weighted by molar-refractivity contribution is 5.92. The van der Waals surface area contributed by atoms with Crippen LogP contribution < -0.4 is 5.32 Å². The Hall–Kier alpha value is -1.79. The van der Waals surface area contributed by atoms with Crippen molar-refractivity contribution in [3.8, 4) is 0 Å². The number of rotatable bonds is 3. The van der Waals surface area contributed by atoms with E-state index >= 15 is 0 Å². The van der Waals surface area contributed by atoms with E-state index < -0.39 is 5.60 Å². The smallest absolute Gasteiger partial charge is 0.410 e. The Balaban J connectivity index is 2.58. The number of carbonyl (C=O) groups is 2. The van der Waals surface area contributed by atoms with Crippen LogP contribution in [0.5, 0.6) is 0 Å². The van der Waals surface area contributed by atoms with Gasteiger partial charge in [0.1, 0.15) is 17.5 Å². The molecule has 0 saturated carbocycles. The van der Waals surface area contributed by atoms with Gasteiger partial charge in [-0.1, -0.05) is 0 Å². The minimum Gasteiger partial charge on any atom is -0.444 e. The third kappa shape index (κ3) is 5.54. The van der Waals surface area contributed by atoms with Crippen LogP contribution in [0.2, 0.25) is 0 Å². The van der Waals surface area contributed by atoms with E-state index in [1.54, 1.807) is 23.8 Å². The normalized spacial score (nSPS) is 16.6. The van der Waals surface area contributed by atoms with Gasteiger partial charge in [-0.3, -0.25) is 14.7 Å². The maximum absolute atomic E-state index is 12.1. The number of amides is 2. The number of amidine groups is 1. The first-order valence-electron chi connectivity index (χ1n) is 7.66. The summed E-state index contributed by atoms with van der Waals surface area (Å²) in [6, 6.07) is -0.373. The van der Waals surface area contributed by atoms with Crippen molar-refractivity contribution in [3.63, 3.8) is 0 Å². The maximum Gasteiger partial charge on any atom is 0.410 e. The molecule has 0 bridgehead atoms. The van der Waals surface area contributed by atoms with E-state index in [1.165, 1.54) is 0 Å². The summed E-state index contributed by atoms with van der Waals surface area (Å²) in [6.45, 7) is 11.2. The third-order valence-electron chi connectivity index (χ3n) is 3.27. The van der Waals surface area contributed by atoms with Crippen molar-refractivity contribution < 1.29 is 14.3 Å². The van der Waals surface area contributed by atoms with E-state index in [0.717, 1.165) is 0 Å². The molecule has 1 atom stereocenters. The Morgan fingerprint density at radius 1 is 1.45 bits per heavy atom. The molecule has 1 aliphatic rings. The lowest BCUT2D eigenvalue weighted by Crippen LogP contribution is -2.52. The Kier molecular flexibility index (Phi) is 6.20. The van der Waals surface area contributed by atoms with Gasteiger partial charge in [-0.2, -0.15) is 0 Å². The minimum absolute atomic E-state index is 0.000378. The molecule has 0 aliphatic carbocycles. The Morgan fingerprint density at radius 3 is 2.64 bits per heavy atom. The molecular weight excluding hydrogens is 284 g/mol. The molecule has 1 unspecified atom stereocenters. The zero-order valence-electron chi connectivity index (χ0n) is 14.5. The van der Waals surface area contributed by atoms with Crippen molar-refractivity contribution in [2.24, 2.45) is 4.99 Å². The van der Waals surface area contributed by atoms with Gasteiger partial charge in [0.25, 0.3) is 0 Å². The molecule has 7 heteroatoms. The highest BCUT2D eigenvalue weighted by Crippen LogP contribution is 2.11. The summed E-state index contributed by atoms with van der Waals surface area (Å²) in [5.74, 6) is 0.641. The lowest BCUT2D eigenvalue weighted by molar-refractivity contribution is -0.131. The molecule has 0 radical (unpaired) electrons. The van der Waals surface area contributed by atoms with Gasteiger partial charge in [0.2, 0.25) is 5.91 Å². The van der Waals surface area contributed by atoms with Gasteiger partial charge in [0, 0.05) is 20.1 Å². The zero-order chi connectivity index (χ0) is 16.9. The van der Waals surface area contributed by atoms with Crippen molar-refractivity contribution in [2.45, 2.75) is 46.3 Å². The van der Waals surface area contributed by atoms with Crippen molar-refractivity contribution in [1.82, 2.24) is 15.1 Å². The van der Waals surface area contributed by atoms with Crippen LogP contribution in [-0.2, 0) is 9.53 Å². The largest absolute Gasteiger partial charge is 0.444 e. The molecule has 0 fully saturated rings. The minimum atomic E-state index is -0.521. The average molecular weight is 312 g/mol. The standard InChI is InChI=1S/C15H28N4O3/c1-7-18(6)13(20)11(2)17-12-10-19(9-8-16-12)14(21)22-15(3,4)5/h11H,7-10H2,1-6H3,(H,16,17). The first-order chi connectivity index (χ1) is 10.1. The van der Waals surface area contributed by atoms with E-state index in [9.17, 15) is 9.59 Å². The van der Waals surface area contributed by atoms with E-state index in [2.05, 4.69) is 10.3 Å². The van der Waals surface area contributed by atoms with Crippen LogP contribution in [0.15, 0.2) is 4.99 Å². The highest BCUT2D eigenvalue weighted by atomic mass is 16.6. The van der Waals surface area contributed by atoms with Crippen molar-refractivity contribution >= 4 is 17.8 Å². The molecule has 0 aromatic heterocycles. The lowest BCUT2D eigenvalue weighted by Gasteiger charge is -2.31. The topological polar surface area (TPSA) is 74.2 Å². The number of aliphatic imine (C=N–C) groups is 1.